The maximum Gasteiger partial charge on any atom is 0.248 e. The third kappa shape index (κ3) is 1.78. The molecule has 0 radical (unpaired) electrons. The Labute approximate surface area is 126 Å². The first kappa shape index (κ1) is 12.6. The Morgan fingerprint density at radius 1 is 1.55 bits per heavy atom. The Bertz CT molecular complexity index is 570. The topological polar surface area (TPSA) is 70.7 Å². The molecule has 5 nitrogen and oxygen atoms in total. The van der Waals surface area contributed by atoms with Crippen molar-refractivity contribution < 1.29 is 4.79 Å². The predicted octanol–water partition coefficient (Wildman–Crippen LogP) is 0.871. The van der Waals surface area contributed by atoms with Gasteiger partial charge in [-0.3, -0.25) is 4.79 Å². The summed E-state index contributed by atoms with van der Waals surface area (Å²) in [7, 11) is 0. The number of nitrogens with one attached hydrogen (secondary N) is 1. The molecular weight excluding hydrogens is 320 g/mol. The van der Waals surface area contributed by atoms with Gasteiger partial charge < -0.3 is 16.0 Å². The number of amidine groups is 1. The molecule has 4 aliphatic rings. The largest absolute Gasteiger partial charge is 0.366 e. The highest BCUT2D eigenvalue weighted by Gasteiger charge is 2.52. The summed E-state index contributed by atoms with van der Waals surface area (Å²) in [5, 5.41) is 3.66. The third-order valence-electron chi connectivity index (χ3n) is 4.86. The van der Waals surface area contributed by atoms with Crippen LogP contribution in [0.1, 0.15) is 19.3 Å². The normalized spacial score (nSPS) is 41.6. The number of carbonyl (C=O) groups is 1. The van der Waals surface area contributed by atoms with E-state index in [2.05, 4.69) is 26.1 Å². The van der Waals surface area contributed by atoms with Crippen LogP contribution in [-0.4, -0.2) is 39.7 Å². The molecule has 2 bridgehead atoms. The molecule has 20 heavy (non-hydrogen) atoms. The van der Waals surface area contributed by atoms with Crippen LogP contribution in [0.5, 0.6) is 0 Å². The quantitative estimate of drug-likeness (QED) is 0.580. The van der Waals surface area contributed by atoms with Crippen LogP contribution in [0.3, 0.4) is 0 Å². The monoisotopic (exact) mass is 336 g/mol. The average Bonchev–Trinajstić information content (AvgIpc) is 3.10. The highest BCUT2D eigenvalue weighted by Crippen LogP contribution is 2.47. The van der Waals surface area contributed by atoms with E-state index in [1.165, 1.54) is 19.3 Å². The lowest BCUT2D eigenvalue weighted by molar-refractivity contribution is -0.114. The van der Waals surface area contributed by atoms with Crippen LogP contribution in [0.4, 0.5) is 0 Å². The molecule has 4 aliphatic heterocycles. The Balaban J connectivity index is 1.63. The summed E-state index contributed by atoms with van der Waals surface area (Å²) in [4.78, 5) is 18.2. The summed E-state index contributed by atoms with van der Waals surface area (Å²) in [5.41, 5.74) is 5.85. The number of primary amides is 1. The maximum atomic E-state index is 11.3. The summed E-state index contributed by atoms with van der Waals surface area (Å²) in [6.45, 7) is 0.816. The lowest BCUT2D eigenvalue weighted by Crippen LogP contribution is -2.41. The lowest BCUT2D eigenvalue weighted by atomic mass is 9.84. The van der Waals surface area contributed by atoms with Gasteiger partial charge >= 0.3 is 0 Å². The number of nitrogens with two attached hydrogens (primary N) is 1. The zero-order valence-corrected chi connectivity index (χ0v) is 12.6. The number of rotatable bonds is 2. The van der Waals surface area contributed by atoms with Gasteiger partial charge in [-0.15, -0.1) is 0 Å². The van der Waals surface area contributed by atoms with Gasteiger partial charge in [0.1, 0.15) is 10.3 Å². The van der Waals surface area contributed by atoms with Crippen molar-refractivity contribution in [1.29, 1.82) is 0 Å². The fourth-order valence-corrected chi connectivity index (χ4v) is 4.84. The van der Waals surface area contributed by atoms with Crippen LogP contribution in [0, 0.1) is 5.92 Å². The molecular formula is C14H17BrN4O. The molecule has 3 N–H and O–H groups in total. The molecule has 0 aromatic heterocycles. The average molecular weight is 337 g/mol. The van der Waals surface area contributed by atoms with Crippen molar-refractivity contribution in [1.82, 2.24) is 10.2 Å². The number of aliphatic imine (C=N–C) groups is 1. The van der Waals surface area contributed by atoms with E-state index in [1.54, 1.807) is 12.2 Å². The predicted molar refractivity (Wildman–Crippen MR) is 80.3 cm³/mol. The van der Waals surface area contributed by atoms with Gasteiger partial charge in [-0.05, 0) is 31.4 Å². The van der Waals surface area contributed by atoms with E-state index in [1.807, 2.05) is 6.20 Å². The Morgan fingerprint density at radius 2 is 2.40 bits per heavy atom. The third-order valence-corrected chi connectivity index (χ3v) is 5.87. The van der Waals surface area contributed by atoms with E-state index in [0.717, 1.165) is 12.4 Å². The van der Waals surface area contributed by atoms with Crippen molar-refractivity contribution in [3.05, 3.63) is 23.9 Å². The molecule has 0 saturated carbocycles. The van der Waals surface area contributed by atoms with E-state index >= 15 is 0 Å². The minimum Gasteiger partial charge on any atom is -0.366 e. The number of alkyl halides is 1. The van der Waals surface area contributed by atoms with E-state index < -0.39 is 5.91 Å². The minimum absolute atomic E-state index is 0.247. The standard InChI is InChI=1S/C14H17BrN4O/c15-14(10-6-9-1-2-11(10)17-9)7-19-4-3-8(13(16)20)5-12(19)18-14/h3-5,9-11,17H,1-2,6-7H2,(H2,16,20). The summed E-state index contributed by atoms with van der Waals surface area (Å²) in [6, 6.07) is 1.22. The highest BCUT2D eigenvalue weighted by molar-refractivity contribution is 9.10. The molecule has 0 aromatic rings. The smallest absolute Gasteiger partial charge is 0.248 e. The van der Waals surface area contributed by atoms with Gasteiger partial charge in [0.15, 0.2) is 0 Å². The van der Waals surface area contributed by atoms with Gasteiger partial charge in [0.25, 0.3) is 0 Å². The van der Waals surface area contributed by atoms with Gasteiger partial charge in [-0.25, -0.2) is 4.99 Å². The van der Waals surface area contributed by atoms with E-state index in [0.29, 0.717) is 23.6 Å². The highest BCUT2D eigenvalue weighted by atomic mass is 79.9. The fraction of sp³-hybridized carbons (Fsp3) is 0.571. The maximum absolute atomic E-state index is 11.3. The molecule has 6 heteroatoms. The first-order chi connectivity index (χ1) is 9.55. The fourth-order valence-electron chi connectivity index (χ4n) is 3.88. The summed E-state index contributed by atoms with van der Waals surface area (Å²) < 4.78 is -0.247. The molecule has 4 rings (SSSR count). The Morgan fingerprint density at radius 3 is 3.05 bits per heavy atom. The van der Waals surface area contributed by atoms with Gasteiger partial charge in [-0.1, -0.05) is 15.9 Å². The van der Waals surface area contributed by atoms with E-state index in [4.69, 9.17) is 10.7 Å². The van der Waals surface area contributed by atoms with Crippen LogP contribution in [0.15, 0.2) is 28.9 Å². The molecule has 1 amide bonds. The van der Waals surface area contributed by atoms with Crippen LogP contribution in [0.25, 0.3) is 0 Å². The number of fused-ring (bicyclic) bond motifs is 3. The first-order valence-corrected chi connectivity index (χ1v) is 7.86. The molecule has 2 saturated heterocycles. The first-order valence-electron chi connectivity index (χ1n) is 7.06. The van der Waals surface area contributed by atoms with E-state index in [-0.39, 0.29) is 4.45 Å². The summed E-state index contributed by atoms with van der Waals surface area (Å²) in [6.07, 6.45) is 9.16. The SMILES string of the molecule is NC(=O)C1=CC2=NC(Br)(C3CC4CCC3N4)CN2C=C1. The molecule has 0 spiro atoms. The number of nitrogens with zero attached hydrogens (tertiary/aromatic N) is 2. The van der Waals surface area contributed by atoms with E-state index in [9.17, 15) is 4.79 Å². The Hall–Kier alpha value is -1.14. The van der Waals surface area contributed by atoms with Crippen molar-refractivity contribution in [3.8, 4) is 0 Å². The van der Waals surface area contributed by atoms with Crippen molar-refractivity contribution in [3.63, 3.8) is 0 Å². The number of carbonyl (C=O) groups excluding carboxylic acids is 1. The Kier molecular flexibility index (Phi) is 2.63. The second kappa shape index (κ2) is 4.18. The lowest BCUT2D eigenvalue weighted by Gasteiger charge is -2.32. The number of amides is 1. The molecule has 4 unspecified atom stereocenters. The zero-order chi connectivity index (χ0) is 13.9. The molecule has 106 valence electrons. The van der Waals surface area contributed by atoms with Crippen molar-refractivity contribution in [2.24, 2.45) is 16.6 Å². The van der Waals surface area contributed by atoms with Crippen molar-refractivity contribution in [2.75, 3.05) is 6.54 Å². The second-order valence-electron chi connectivity index (χ2n) is 6.09. The minimum atomic E-state index is -0.405. The van der Waals surface area contributed by atoms with Crippen LogP contribution in [-0.2, 0) is 4.79 Å². The van der Waals surface area contributed by atoms with Crippen LogP contribution < -0.4 is 11.1 Å². The summed E-state index contributed by atoms with van der Waals surface area (Å²) >= 11 is 3.87. The van der Waals surface area contributed by atoms with Gasteiger partial charge in [-0.2, -0.15) is 0 Å². The molecule has 0 aliphatic carbocycles. The van der Waals surface area contributed by atoms with Gasteiger partial charge in [0.2, 0.25) is 5.91 Å². The number of hydrogen-bond donors (Lipinski definition) is 2. The van der Waals surface area contributed by atoms with Gasteiger partial charge in [0, 0.05) is 29.8 Å². The van der Waals surface area contributed by atoms with Gasteiger partial charge in [0.05, 0.1) is 6.54 Å². The second-order valence-corrected chi connectivity index (χ2v) is 7.46. The summed E-state index contributed by atoms with van der Waals surface area (Å²) in [5.74, 6) is 0.941. The molecule has 4 heterocycles. The van der Waals surface area contributed by atoms with Crippen molar-refractivity contribution in [2.45, 2.75) is 35.8 Å². The zero-order valence-electron chi connectivity index (χ0n) is 11.1. The number of hydrogen-bond acceptors (Lipinski definition) is 4. The molecule has 0 aromatic carbocycles. The van der Waals surface area contributed by atoms with Crippen LogP contribution >= 0.6 is 15.9 Å². The van der Waals surface area contributed by atoms with Crippen LogP contribution in [0.2, 0.25) is 0 Å². The molecule has 4 atom stereocenters. The van der Waals surface area contributed by atoms with Crippen molar-refractivity contribution >= 4 is 27.7 Å². The molecule has 2 fully saturated rings. The number of halogens is 1.